The molecule has 1 rings (SSSR count). The summed E-state index contributed by atoms with van der Waals surface area (Å²) in [6.07, 6.45) is 1.46. The highest BCUT2D eigenvalue weighted by Gasteiger charge is 2.03. The summed E-state index contributed by atoms with van der Waals surface area (Å²) in [5.74, 6) is -0.852. The lowest BCUT2D eigenvalue weighted by atomic mass is 10.5. The highest BCUT2D eigenvalue weighted by molar-refractivity contribution is 5.90. The van der Waals surface area contributed by atoms with E-state index in [-0.39, 0.29) is 5.82 Å². The zero-order chi connectivity index (χ0) is 10.4. The molecule has 0 saturated carbocycles. The Bertz CT molecular complexity index is 327. The molecule has 0 saturated heterocycles. The molecule has 0 aliphatic heterocycles. The van der Waals surface area contributed by atoms with Gasteiger partial charge in [-0.05, 0) is 12.1 Å². The number of carboxylic acids is 1. The minimum absolute atomic E-state index is 0.260. The standard InChI is InChI=1S/C7H8N4O3/c12-6(13)4-8-7(14)10-5-2-1-3-9-11-5/h1-3H,4H2,(H,12,13)(H2,8,10,11,14). The second-order valence-electron chi connectivity index (χ2n) is 2.31. The Hall–Kier alpha value is -2.18. The van der Waals surface area contributed by atoms with Crippen LogP contribution in [0.15, 0.2) is 18.3 Å². The molecule has 3 N–H and O–H groups in total. The number of carbonyl (C=O) groups excluding carboxylic acids is 1. The van der Waals surface area contributed by atoms with Crippen LogP contribution in [0.2, 0.25) is 0 Å². The van der Waals surface area contributed by atoms with E-state index in [9.17, 15) is 9.59 Å². The Morgan fingerprint density at radius 1 is 1.50 bits per heavy atom. The van der Waals surface area contributed by atoms with Crippen molar-refractivity contribution in [2.24, 2.45) is 0 Å². The molecule has 0 fully saturated rings. The van der Waals surface area contributed by atoms with E-state index in [0.717, 1.165) is 0 Å². The molecule has 0 aliphatic carbocycles. The van der Waals surface area contributed by atoms with E-state index < -0.39 is 18.5 Å². The maximum atomic E-state index is 11.0. The first-order chi connectivity index (χ1) is 6.68. The molecule has 0 radical (unpaired) electrons. The first kappa shape index (κ1) is 9.90. The predicted molar refractivity (Wildman–Crippen MR) is 46.7 cm³/mol. The fraction of sp³-hybridized carbons (Fsp3) is 0.143. The number of nitrogens with zero attached hydrogens (tertiary/aromatic N) is 2. The summed E-state index contributed by atoms with van der Waals surface area (Å²) in [4.78, 5) is 21.0. The Kier molecular flexibility index (Phi) is 3.36. The first-order valence-corrected chi connectivity index (χ1v) is 3.73. The molecule has 0 spiro atoms. The van der Waals surface area contributed by atoms with Gasteiger partial charge in [0.05, 0.1) is 0 Å². The summed E-state index contributed by atoms with van der Waals surface area (Å²) in [6.45, 7) is -0.438. The number of nitrogens with one attached hydrogen (secondary N) is 2. The van der Waals surface area contributed by atoms with Crippen molar-refractivity contribution in [1.82, 2.24) is 15.5 Å². The lowest BCUT2D eigenvalue weighted by molar-refractivity contribution is -0.135. The molecule has 74 valence electrons. The molecule has 1 aromatic heterocycles. The predicted octanol–water partition coefficient (Wildman–Crippen LogP) is -0.317. The normalized spacial score (nSPS) is 9.14. The molecular formula is C7H8N4O3. The third kappa shape index (κ3) is 3.48. The summed E-state index contributed by atoms with van der Waals surface area (Å²) in [6, 6.07) is 2.50. The second kappa shape index (κ2) is 4.75. The van der Waals surface area contributed by atoms with Gasteiger partial charge in [-0.15, -0.1) is 5.10 Å². The summed E-state index contributed by atoms with van der Waals surface area (Å²) in [7, 11) is 0. The van der Waals surface area contributed by atoms with Crippen LogP contribution in [0.25, 0.3) is 0 Å². The van der Waals surface area contributed by atoms with Gasteiger partial charge in [0.25, 0.3) is 0 Å². The number of carbonyl (C=O) groups is 2. The smallest absolute Gasteiger partial charge is 0.323 e. The zero-order valence-electron chi connectivity index (χ0n) is 7.10. The summed E-state index contributed by atoms with van der Waals surface area (Å²) in [5.41, 5.74) is 0. The quantitative estimate of drug-likeness (QED) is 0.614. The van der Waals surface area contributed by atoms with Crippen LogP contribution in [0.3, 0.4) is 0 Å². The Morgan fingerprint density at radius 2 is 2.29 bits per heavy atom. The van der Waals surface area contributed by atoms with E-state index in [1.807, 2.05) is 0 Å². The van der Waals surface area contributed by atoms with Crippen LogP contribution in [0, 0.1) is 0 Å². The lowest BCUT2D eigenvalue weighted by Crippen LogP contribution is -2.33. The van der Waals surface area contributed by atoms with Gasteiger partial charge in [-0.3, -0.25) is 10.1 Å². The minimum atomic E-state index is -1.11. The third-order valence-electron chi connectivity index (χ3n) is 1.21. The minimum Gasteiger partial charge on any atom is -0.480 e. The molecule has 0 atom stereocenters. The van der Waals surface area contributed by atoms with E-state index in [0.29, 0.717) is 0 Å². The topological polar surface area (TPSA) is 104 Å². The Labute approximate surface area is 79.2 Å². The fourth-order valence-corrected chi connectivity index (χ4v) is 0.685. The van der Waals surface area contributed by atoms with Crippen LogP contribution in [0.1, 0.15) is 0 Å². The van der Waals surface area contributed by atoms with Gasteiger partial charge in [0.1, 0.15) is 6.54 Å². The van der Waals surface area contributed by atoms with E-state index in [1.165, 1.54) is 12.3 Å². The SMILES string of the molecule is O=C(O)CNC(=O)Nc1cccnn1. The van der Waals surface area contributed by atoms with E-state index in [1.54, 1.807) is 6.07 Å². The van der Waals surface area contributed by atoms with Crippen molar-refractivity contribution in [2.75, 3.05) is 11.9 Å². The average molecular weight is 196 g/mol. The maximum absolute atomic E-state index is 11.0. The second-order valence-corrected chi connectivity index (χ2v) is 2.31. The van der Waals surface area contributed by atoms with Crippen molar-refractivity contribution in [3.8, 4) is 0 Å². The van der Waals surface area contributed by atoms with Crippen LogP contribution in [-0.2, 0) is 4.79 Å². The van der Waals surface area contributed by atoms with Gasteiger partial charge in [0, 0.05) is 6.20 Å². The molecule has 0 bridgehead atoms. The number of rotatable bonds is 3. The maximum Gasteiger partial charge on any atom is 0.323 e. The van der Waals surface area contributed by atoms with Crippen molar-refractivity contribution in [3.05, 3.63) is 18.3 Å². The number of hydrogen-bond donors (Lipinski definition) is 3. The van der Waals surface area contributed by atoms with E-state index in [2.05, 4.69) is 20.8 Å². The molecule has 0 aromatic carbocycles. The van der Waals surface area contributed by atoms with Gasteiger partial charge in [-0.25, -0.2) is 4.79 Å². The number of anilines is 1. The molecule has 7 nitrogen and oxygen atoms in total. The highest BCUT2D eigenvalue weighted by Crippen LogP contribution is 1.96. The van der Waals surface area contributed by atoms with Gasteiger partial charge in [0.15, 0.2) is 5.82 Å². The highest BCUT2D eigenvalue weighted by atomic mass is 16.4. The monoisotopic (exact) mass is 196 g/mol. The van der Waals surface area contributed by atoms with Crippen LogP contribution in [0.5, 0.6) is 0 Å². The van der Waals surface area contributed by atoms with E-state index in [4.69, 9.17) is 5.11 Å². The van der Waals surface area contributed by atoms with Crippen molar-refractivity contribution in [3.63, 3.8) is 0 Å². The first-order valence-electron chi connectivity index (χ1n) is 3.73. The summed E-state index contributed by atoms with van der Waals surface area (Å²) in [5, 5.41) is 19.8. The Morgan fingerprint density at radius 3 is 2.86 bits per heavy atom. The molecule has 0 aliphatic rings. The lowest BCUT2D eigenvalue weighted by Gasteiger charge is -2.02. The Balaban J connectivity index is 2.38. The molecule has 7 heteroatoms. The number of amides is 2. The van der Waals surface area contributed by atoms with Crippen molar-refractivity contribution >= 4 is 17.8 Å². The fourth-order valence-electron chi connectivity index (χ4n) is 0.685. The molecule has 0 unspecified atom stereocenters. The van der Waals surface area contributed by atoms with Crippen LogP contribution < -0.4 is 10.6 Å². The van der Waals surface area contributed by atoms with Crippen molar-refractivity contribution in [2.45, 2.75) is 0 Å². The summed E-state index contributed by atoms with van der Waals surface area (Å²) >= 11 is 0. The molecule has 1 heterocycles. The van der Waals surface area contributed by atoms with Gasteiger partial charge < -0.3 is 10.4 Å². The van der Waals surface area contributed by atoms with Gasteiger partial charge in [-0.2, -0.15) is 5.10 Å². The van der Waals surface area contributed by atoms with Gasteiger partial charge in [0.2, 0.25) is 0 Å². The number of carboxylic acid groups (broad SMARTS) is 1. The van der Waals surface area contributed by atoms with Crippen molar-refractivity contribution in [1.29, 1.82) is 0 Å². The molecule has 14 heavy (non-hydrogen) atoms. The zero-order valence-corrected chi connectivity index (χ0v) is 7.10. The van der Waals surface area contributed by atoms with E-state index >= 15 is 0 Å². The third-order valence-corrected chi connectivity index (χ3v) is 1.21. The molecular weight excluding hydrogens is 188 g/mol. The van der Waals surface area contributed by atoms with Crippen LogP contribution in [-0.4, -0.2) is 33.8 Å². The molecule has 2 amide bonds. The van der Waals surface area contributed by atoms with Crippen molar-refractivity contribution < 1.29 is 14.7 Å². The number of urea groups is 1. The number of aromatic nitrogens is 2. The van der Waals surface area contributed by atoms with Crippen LogP contribution in [0.4, 0.5) is 10.6 Å². The average Bonchev–Trinajstić information content (AvgIpc) is 2.16. The summed E-state index contributed by atoms with van der Waals surface area (Å²) < 4.78 is 0. The number of hydrogen-bond acceptors (Lipinski definition) is 4. The van der Waals surface area contributed by atoms with Gasteiger partial charge >= 0.3 is 12.0 Å². The van der Waals surface area contributed by atoms with Crippen LogP contribution >= 0.6 is 0 Å². The van der Waals surface area contributed by atoms with Gasteiger partial charge in [-0.1, -0.05) is 0 Å². The largest absolute Gasteiger partial charge is 0.480 e. The molecule has 1 aromatic rings. The number of aliphatic carboxylic acids is 1.